The molecule has 1 aromatic heterocycles. The van der Waals surface area contributed by atoms with Crippen LogP contribution in [-0.4, -0.2) is 25.8 Å². The summed E-state index contributed by atoms with van der Waals surface area (Å²) in [6.45, 7) is 5.60. The number of hydrogen-bond acceptors (Lipinski definition) is 4. The van der Waals surface area contributed by atoms with E-state index >= 15 is 0 Å². The third-order valence-corrected chi connectivity index (χ3v) is 3.28. The molecule has 0 bridgehead atoms. The Balaban J connectivity index is 1.79. The van der Waals surface area contributed by atoms with Gasteiger partial charge in [0, 0.05) is 17.6 Å². The maximum Gasteiger partial charge on any atom is 0.310 e. The lowest BCUT2D eigenvalue weighted by Crippen LogP contribution is -2.12. The van der Waals surface area contributed by atoms with E-state index in [1.807, 2.05) is 25.1 Å². The first-order chi connectivity index (χ1) is 10.2. The number of benzene rings is 1. The van der Waals surface area contributed by atoms with Crippen molar-refractivity contribution in [3.8, 4) is 0 Å². The van der Waals surface area contributed by atoms with Gasteiger partial charge >= 0.3 is 5.97 Å². The molecule has 21 heavy (non-hydrogen) atoms. The molecule has 0 saturated carbocycles. The molecule has 0 unspecified atom stereocenters. The summed E-state index contributed by atoms with van der Waals surface area (Å²) >= 11 is 0. The molecular weight excluding hydrogens is 268 g/mol. The van der Waals surface area contributed by atoms with Gasteiger partial charge < -0.3 is 13.9 Å². The fourth-order valence-electron chi connectivity index (χ4n) is 2.10. The Kier molecular flexibility index (Phi) is 5.81. The average Bonchev–Trinajstić information content (AvgIpc) is 2.85. The Hall–Kier alpha value is -1.81. The molecule has 1 aromatic carbocycles. The Labute approximate surface area is 125 Å². The highest BCUT2D eigenvalue weighted by atomic mass is 16.6. The van der Waals surface area contributed by atoms with Crippen LogP contribution in [0.3, 0.4) is 0 Å². The molecular formula is C17H22O4. The molecule has 114 valence electrons. The van der Waals surface area contributed by atoms with Crippen molar-refractivity contribution in [1.29, 1.82) is 0 Å². The van der Waals surface area contributed by atoms with Crippen molar-refractivity contribution in [2.24, 2.45) is 0 Å². The van der Waals surface area contributed by atoms with Gasteiger partial charge in [0.05, 0.1) is 19.3 Å². The standard InChI is InChI=1S/C17H22O4/c1-3-4-7-19-8-9-20-17(18)11-14-12-21-16-10-13(2)5-6-15(14)16/h5-6,10,12H,3-4,7-9,11H2,1-2H3. The van der Waals surface area contributed by atoms with Crippen molar-refractivity contribution in [2.45, 2.75) is 33.1 Å². The van der Waals surface area contributed by atoms with Gasteiger partial charge in [-0.1, -0.05) is 25.5 Å². The molecule has 0 aliphatic rings. The van der Waals surface area contributed by atoms with Crippen molar-refractivity contribution in [3.63, 3.8) is 0 Å². The quantitative estimate of drug-likeness (QED) is 0.550. The lowest BCUT2D eigenvalue weighted by Gasteiger charge is -2.05. The topological polar surface area (TPSA) is 48.7 Å². The van der Waals surface area contributed by atoms with Crippen LogP contribution in [0.5, 0.6) is 0 Å². The number of esters is 1. The number of fused-ring (bicyclic) bond motifs is 1. The van der Waals surface area contributed by atoms with Crippen molar-refractivity contribution in [3.05, 3.63) is 35.6 Å². The van der Waals surface area contributed by atoms with E-state index in [1.165, 1.54) is 0 Å². The maximum atomic E-state index is 11.8. The molecule has 0 amide bonds. The highest BCUT2D eigenvalue weighted by Gasteiger charge is 2.11. The van der Waals surface area contributed by atoms with Gasteiger partial charge in [-0.2, -0.15) is 0 Å². The van der Waals surface area contributed by atoms with Crippen LogP contribution in [0, 0.1) is 6.92 Å². The van der Waals surface area contributed by atoms with Crippen LogP contribution in [0.15, 0.2) is 28.9 Å². The number of ether oxygens (including phenoxy) is 2. The first kappa shape index (κ1) is 15.6. The summed E-state index contributed by atoms with van der Waals surface area (Å²) in [6.07, 6.45) is 4.00. The van der Waals surface area contributed by atoms with Gasteiger partial charge in [-0.3, -0.25) is 4.79 Å². The van der Waals surface area contributed by atoms with Gasteiger partial charge in [-0.15, -0.1) is 0 Å². The van der Waals surface area contributed by atoms with Crippen LogP contribution in [-0.2, 0) is 20.7 Å². The molecule has 0 N–H and O–H groups in total. The summed E-state index contributed by atoms with van der Waals surface area (Å²) in [5.74, 6) is -0.252. The largest absolute Gasteiger partial charge is 0.464 e. The Morgan fingerprint density at radius 3 is 2.90 bits per heavy atom. The van der Waals surface area contributed by atoms with Crippen LogP contribution in [0.25, 0.3) is 11.0 Å². The van der Waals surface area contributed by atoms with E-state index in [-0.39, 0.29) is 12.4 Å². The molecule has 0 aliphatic carbocycles. The van der Waals surface area contributed by atoms with E-state index in [1.54, 1.807) is 6.26 Å². The van der Waals surface area contributed by atoms with E-state index in [0.717, 1.165) is 41.5 Å². The molecule has 0 spiro atoms. The summed E-state index contributed by atoms with van der Waals surface area (Å²) in [5, 5.41) is 0.969. The third-order valence-electron chi connectivity index (χ3n) is 3.28. The lowest BCUT2D eigenvalue weighted by atomic mass is 10.1. The third kappa shape index (κ3) is 4.60. The van der Waals surface area contributed by atoms with E-state index in [4.69, 9.17) is 13.9 Å². The monoisotopic (exact) mass is 290 g/mol. The van der Waals surface area contributed by atoms with Crippen molar-refractivity contribution >= 4 is 16.9 Å². The van der Waals surface area contributed by atoms with Crippen LogP contribution >= 0.6 is 0 Å². The summed E-state index contributed by atoms with van der Waals surface area (Å²) in [7, 11) is 0. The Bertz CT molecular complexity index is 585. The van der Waals surface area contributed by atoms with Crippen LogP contribution in [0.4, 0.5) is 0 Å². The molecule has 0 saturated heterocycles. The van der Waals surface area contributed by atoms with E-state index < -0.39 is 0 Å². The number of aryl methyl sites for hydroxylation is 1. The predicted molar refractivity (Wildman–Crippen MR) is 81.3 cm³/mol. The molecule has 0 aliphatic heterocycles. The number of hydrogen-bond donors (Lipinski definition) is 0. The zero-order chi connectivity index (χ0) is 15.1. The Morgan fingerprint density at radius 2 is 2.10 bits per heavy atom. The SMILES string of the molecule is CCCCOCCOC(=O)Cc1coc2cc(C)ccc12. The molecule has 4 nitrogen and oxygen atoms in total. The zero-order valence-electron chi connectivity index (χ0n) is 12.7. The smallest absolute Gasteiger partial charge is 0.310 e. The second-order valence-corrected chi connectivity index (χ2v) is 5.12. The zero-order valence-corrected chi connectivity index (χ0v) is 12.7. The molecule has 2 rings (SSSR count). The summed E-state index contributed by atoms with van der Waals surface area (Å²) in [4.78, 5) is 11.8. The average molecular weight is 290 g/mol. The fraction of sp³-hybridized carbons (Fsp3) is 0.471. The minimum Gasteiger partial charge on any atom is -0.464 e. The summed E-state index contributed by atoms with van der Waals surface area (Å²) in [5.41, 5.74) is 2.80. The second kappa shape index (κ2) is 7.84. The normalized spacial score (nSPS) is 11.0. The predicted octanol–water partition coefficient (Wildman–Crippen LogP) is 3.64. The van der Waals surface area contributed by atoms with Gasteiger partial charge in [0.15, 0.2) is 0 Å². The summed E-state index contributed by atoms with van der Waals surface area (Å²) in [6, 6.07) is 5.95. The summed E-state index contributed by atoms with van der Waals surface area (Å²) < 4.78 is 16.0. The highest BCUT2D eigenvalue weighted by molar-refractivity contribution is 5.86. The van der Waals surface area contributed by atoms with Gasteiger partial charge in [-0.25, -0.2) is 0 Å². The van der Waals surface area contributed by atoms with Gasteiger partial charge in [0.1, 0.15) is 12.2 Å². The first-order valence-electron chi connectivity index (χ1n) is 7.41. The maximum absolute atomic E-state index is 11.8. The van der Waals surface area contributed by atoms with Crippen LogP contribution in [0.1, 0.15) is 30.9 Å². The van der Waals surface area contributed by atoms with Crippen LogP contribution in [0.2, 0.25) is 0 Å². The van der Waals surface area contributed by atoms with Gasteiger partial charge in [0.2, 0.25) is 0 Å². The number of carbonyl (C=O) groups is 1. The van der Waals surface area contributed by atoms with Crippen LogP contribution < -0.4 is 0 Å². The molecule has 4 heteroatoms. The van der Waals surface area contributed by atoms with Crippen molar-refractivity contribution in [1.82, 2.24) is 0 Å². The molecule has 0 atom stereocenters. The second-order valence-electron chi connectivity index (χ2n) is 5.12. The fourth-order valence-corrected chi connectivity index (χ4v) is 2.10. The van der Waals surface area contributed by atoms with Gasteiger partial charge in [-0.05, 0) is 25.0 Å². The minimum atomic E-state index is -0.252. The number of furan rings is 1. The van der Waals surface area contributed by atoms with Crippen molar-refractivity contribution in [2.75, 3.05) is 19.8 Å². The molecule has 0 radical (unpaired) electrons. The highest BCUT2D eigenvalue weighted by Crippen LogP contribution is 2.22. The molecule has 1 heterocycles. The molecule has 0 fully saturated rings. The minimum absolute atomic E-state index is 0.227. The van der Waals surface area contributed by atoms with E-state index in [9.17, 15) is 4.79 Å². The number of carbonyl (C=O) groups excluding carboxylic acids is 1. The molecule has 2 aromatic rings. The van der Waals surface area contributed by atoms with E-state index in [2.05, 4.69) is 6.92 Å². The Morgan fingerprint density at radius 1 is 1.24 bits per heavy atom. The van der Waals surface area contributed by atoms with E-state index in [0.29, 0.717) is 13.2 Å². The number of rotatable bonds is 8. The first-order valence-corrected chi connectivity index (χ1v) is 7.41. The van der Waals surface area contributed by atoms with Gasteiger partial charge in [0.25, 0.3) is 0 Å². The lowest BCUT2D eigenvalue weighted by molar-refractivity contribution is -0.144. The van der Waals surface area contributed by atoms with Crippen molar-refractivity contribution < 1.29 is 18.7 Å². The number of unbranched alkanes of at least 4 members (excludes halogenated alkanes) is 1.